The summed E-state index contributed by atoms with van der Waals surface area (Å²) >= 11 is 3.63. The number of hydrogen-bond acceptors (Lipinski definition) is 2. The first-order chi connectivity index (χ1) is 9.01. The summed E-state index contributed by atoms with van der Waals surface area (Å²) in [5.41, 5.74) is 9.36. The van der Waals surface area contributed by atoms with Gasteiger partial charge in [-0.2, -0.15) is 5.10 Å². The maximum atomic E-state index is 5.83. The molecule has 2 N–H and O–H groups in total. The standard InChI is InChI=1S/C14H21BrN4/c1-4-19-13(14(15)11(3)17-19)9-18-6-5-12(8-18)7-10(2)16/h5-6,8,10H,4,7,9,16H2,1-3H3. The molecule has 0 bridgehead atoms. The van der Waals surface area contributed by atoms with Crippen LogP contribution in [-0.4, -0.2) is 20.4 Å². The van der Waals surface area contributed by atoms with Gasteiger partial charge in [0.15, 0.2) is 0 Å². The number of hydrogen-bond donors (Lipinski definition) is 1. The third kappa shape index (κ3) is 3.28. The second-order valence-corrected chi connectivity index (χ2v) is 5.83. The van der Waals surface area contributed by atoms with Crippen molar-refractivity contribution >= 4 is 15.9 Å². The molecule has 1 atom stereocenters. The summed E-state index contributed by atoms with van der Waals surface area (Å²) in [6.45, 7) is 7.88. The van der Waals surface area contributed by atoms with Gasteiger partial charge in [-0.25, -0.2) is 0 Å². The van der Waals surface area contributed by atoms with Crippen molar-refractivity contribution < 1.29 is 0 Å². The molecule has 0 spiro atoms. The van der Waals surface area contributed by atoms with Crippen molar-refractivity contribution in [1.82, 2.24) is 14.3 Å². The summed E-state index contributed by atoms with van der Waals surface area (Å²) < 4.78 is 5.34. The van der Waals surface area contributed by atoms with E-state index in [1.54, 1.807) is 0 Å². The van der Waals surface area contributed by atoms with Crippen molar-refractivity contribution in [1.29, 1.82) is 0 Å². The van der Waals surface area contributed by atoms with Crippen molar-refractivity contribution in [2.45, 2.75) is 46.3 Å². The minimum Gasteiger partial charge on any atom is -0.348 e. The smallest absolute Gasteiger partial charge is 0.0739 e. The molecule has 19 heavy (non-hydrogen) atoms. The Labute approximate surface area is 122 Å². The number of aromatic nitrogens is 3. The molecule has 2 aromatic heterocycles. The van der Waals surface area contributed by atoms with Gasteiger partial charge in [-0.1, -0.05) is 0 Å². The Morgan fingerprint density at radius 3 is 2.84 bits per heavy atom. The predicted molar refractivity (Wildman–Crippen MR) is 81.2 cm³/mol. The maximum absolute atomic E-state index is 5.83. The molecule has 0 amide bonds. The molecule has 2 heterocycles. The van der Waals surface area contributed by atoms with Crippen LogP contribution in [0.5, 0.6) is 0 Å². The van der Waals surface area contributed by atoms with Crippen LogP contribution in [-0.2, 0) is 19.5 Å². The van der Waals surface area contributed by atoms with Crippen LogP contribution in [0.3, 0.4) is 0 Å². The van der Waals surface area contributed by atoms with Crippen molar-refractivity contribution in [3.05, 3.63) is 39.9 Å². The second kappa shape index (κ2) is 5.92. The van der Waals surface area contributed by atoms with E-state index in [2.05, 4.69) is 51.0 Å². The Kier molecular flexibility index (Phi) is 4.47. The van der Waals surface area contributed by atoms with Crippen LogP contribution in [0, 0.1) is 6.92 Å². The van der Waals surface area contributed by atoms with Gasteiger partial charge in [0.05, 0.1) is 22.4 Å². The van der Waals surface area contributed by atoms with Crippen molar-refractivity contribution in [2.75, 3.05) is 0 Å². The Morgan fingerprint density at radius 1 is 1.47 bits per heavy atom. The van der Waals surface area contributed by atoms with Crippen LogP contribution in [0.15, 0.2) is 22.9 Å². The van der Waals surface area contributed by atoms with E-state index in [1.165, 1.54) is 11.3 Å². The van der Waals surface area contributed by atoms with E-state index in [4.69, 9.17) is 5.73 Å². The number of halogens is 1. The molecular formula is C14H21BrN4. The molecule has 1 unspecified atom stereocenters. The molecular weight excluding hydrogens is 304 g/mol. The van der Waals surface area contributed by atoms with Crippen LogP contribution in [0.1, 0.15) is 30.8 Å². The molecule has 0 aliphatic rings. The van der Waals surface area contributed by atoms with Gasteiger partial charge in [-0.15, -0.1) is 0 Å². The minimum absolute atomic E-state index is 0.200. The average Bonchev–Trinajstić information content (AvgIpc) is 2.88. The van der Waals surface area contributed by atoms with Gasteiger partial charge in [0.25, 0.3) is 0 Å². The third-order valence-corrected chi connectivity index (χ3v) is 4.19. The predicted octanol–water partition coefficient (Wildman–Crippen LogP) is 2.71. The average molecular weight is 325 g/mol. The number of aryl methyl sites for hydroxylation is 2. The fourth-order valence-electron chi connectivity index (χ4n) is 2.27. The largest absolute Gasteiger partial charge is 0.348 e. The molecule has 2 rings (SSSR count). The van der Waals surface area contributed by atoms with Crippen molar-refractivity contribution in [2.24, 2.45) is 5.73 Å². The van der Waals surface area contributed by atoms with Crippen molar-refractivity contribution in [3.8, 4) is 0 Å². The van der Waals surface area contributed by atoms with Crippen molar-refractivity contribution in [3.63, 3.8) is 0 Å². The first-order valence-corrected chi connectivity index (χ1v) is 7.42. The van der Waals surface area contributed by atoms with Gasteiger partial charge >= 0.3 is 0 Å². The Bertz CT molecular complexity index is 554. The highest BCUT2D eigenvalue weighted by Gasteiger charge is 2.12. The Balaban J connectivity index is 2.19. The monoisotopic (exact) mass is 324 g/mol. The van der Waals surface area contributed by atoms with Gasteiger partial charge in [0.2, 0.25) is 0 Å². The van der Waals surface area contributed by atoms with Crippen LogP contribution < -0.4 is 5.73 Å². The zero-order valence-electron chi connectivity index (χ0n) is 11.7. The summed E-state index contributed by atoms with van der Waals surface area (Å²) in [5, 5.41) is 4.52. The molecule has 0 saturated carbocycles. The van der Waals surface area contributed by atoms with Gasteiger partial charge in [-0.3, -0.25) is 4.68 Å². The second-order valence-electron chi connectivity index (χ2n) is 5.04. The number of nitrogens with zero attached hydrogens (tertiary/aromatic N) is 3. The third-order valence-electron chi connectivity index (χ3n) is 3.15. The quantitative estimate of drug-likeness (QED) is 0.919. The fourth-order valence-corrected chi connectivity index (χ4v) is 2.68. The lowest BCUT2D eigenvalue weighted by Gasteiger charge is -2.07. The first-order valence-electron chi connectivity index (χ1n) is 6.63. The number of rotatable bonds is 5. The molecule has 104 valence electrons. The minimum atomic E-state index is 0.200. The van der Waals surface area contributed by atoms with Gasteiger partial charge in [0.1, 0.15) is 0 Å². The van der Waals surface area contributed by atoms with Crippen LogP contribution in [0.4, 0.5) is 0 Å². The summed E-state index contributed by atoms with van der Waals surface area (Å²) in [6.07, 6.45) is 5.19. The summed E-state index contributed by atoms with van der Waals surface area (Å²) in [4.78, 5) is 0. The molecule has 0 aromatic carbocycles. The SMILES string of the molecule is CCn1nc(C)c(Br)c1Cn1ccc(CC(C)N)c1. The lowest BCUT2D eigenvalue weighted by Crippen LogP contribution is -2.17. The normalized spacial score (nSPS) is 12.9. The zero-order chi connectivity index (χ0) is 14.0. The Morgan fingerprint density at radius 2 is 2.21 bits per heavy atom. The lowest BCUT2D eigenvalue weighted by molar-refractivity contribution is 0.596. The Hall–Kier alpha value is -1.07. The summed E-state index contributed by atoms with van der Waals surface area (Å²) in [6, 6.07) is 2.34. The van der Waals surface area contributed by atoms with Crippen LogP contribution >= 0.6 is 15.9 Å². The van der Waals surface area contributed by atoms with E-state index in [0.29, 0.717) is 0 Å². The van der Waals surface area contributed by atoms with E-state index in [0.717, 1.165) is 29.7 Å². The molecule has 5 heteroatoms. The van der Waals surface area contributed by atoms with E-state index >= 15 is 0 Å². The molecule has 4 nitrogen and oxygen atoms in total. The molecule has 0 fully saturated rings. The molecule has 2 aromatic rings. The summed E-state index contributed by atoms with van der Waals surface area (Å²) in [7, 11) is 0. The lowest BCUT2D eigenvalue weighted by atomic mass is 10.1. The highest BCUT2D eigenvalue weighted by molar-refractivity contribution is 9.10. The molecule has 0 radical (unpaired) electrons. The number of nitrogens with two attached hydrogens (primary N) is 1. The topological polar surface area (TPSA) is 48.8 Å². The molecule has 0 saturated heterocycles. The van der Waals surface area contributed by atoms with E-state index in [1.807, 2.05) is 18.5 Å². The molecule has 0 aliphatic carbocycles. The van der Waals surface area contributed by atoms with E-state index < -0.39 is 0 Å². The highest BCUT2D eigenvalue weighted by Crippen LogP contribution is 2.22. The zero-order valence-corrected chi connectivity index (χ0v) is 13.3. The highest BCUT2D eigenvalue weighted by atomic mass is 79.9. The van der Waals surface area contributed by atoms with Crippen LogP contribution in [0.25, 0.3) is 0 Å². The van der Waals surface area contributed by atoms with E-state index in [-0.39, 0.29) is 6.04 Å². The van der Waals surface area contributed by atoms with Crippen LogP contribution in [0.2, 0.25) is 0 Å². The van der Waals surface area contributed by atoms with Gasteiger partial charge < -0.3 is 10.3 Å². The summed E-state index contributed by atoms with van der Waals surface area (Å²) in [5.74, 6) is 0. The van der Waals surface area contributed by atoms with E-state index in [9.17, 15) is 0 Å². The first kappa shape index (κ1) is 14.3. The fraction of sp³-hybridized carbons (Fsp3) is 0.500. The van der Waals surface area contributed by atoms with Gasteiger partial charge in [0, 0.05) is 25.0 Å². The molecule has 0 aliphatic heterocycles. The van der Waals surface area contributed by atoms with Gasteiger partial charge in [-0.05, 0) is 54.8 Å². The maximum Gasteiger partial charge on any atom is 0.0739 e.